The third-order valence-electron chi connectivity index (χ3n) is 6.75. The van der Waals surface area contributed by atoms with E-state index >= 15 is 4.39 Å². The van der Waals surface area contributed by atoms with Crippen LogP contribution in [-0.4, -0.2) is 51.8 Å². The van der Waals surface area contributed by atoms with Crippen molar-refractivity contribution in [3.8, 4) is 0 Å². The van der Waals surface area contributed by atoms with Crippen LogP contribution in [0.1, 0.15) is 73.8 Å². The summed E-state index contributed by atoms with van der Waals surface area (Å²) in [4.78, 5) is 53.1. The molecule has 2 amide bonds. The Kier molecular flexibility index (Phi) is 7.87. The van der Waals surface area contributed by atoms with Gasteiger partial charge in [0, 0.05) is 25.2 Å². The average molecular weight is 582 g/mol. The summed E-state index contributed by atoms with van der Waals surface area (Å²) in [6.07, 6.45) is 0.471. The largest absolute Gasteiger partial charge is 0.444 e. The van der Waals surface area contributed by atoms with Gasteiger partial charge in [-0.15, -0.1) is 0 Å². The Bertz CT molecular complexity index is 1450. The fourth-order valence-corrected chi connectivity index (χ4v) is 5.27. The zero-order valence-electron chi connectivity index (χ0n) is 23.9. The monoisotopic (exact) mass is 581 g/mol. The first-order valence-electron chi connectivity index (χ1n) is 13.4. The minimum atomic E-state index is -0.992. The van der Waals surface area contributed by atoms with Gasteiger partial charge in [0.25, 0.3) is 5.56 Å². The van der Waals surface area contributed by atoms with Gasteiger partial charge in [0.05, 0.1) is 21.6 Å². The minimum absolute atomic E-state index is 0.0182. The van der Waals surface area contributed by atoms with Gasteiger partial charge >= 0.3 is 17.9 Å². The lowest BCUT2D eigenvalue weighted by Gasteiger charge is -2.26. The summed E-state index contributed by atoms with van der Waals surface area (Å²) in [5.74, 6) is -0.747. The Hall–Kier alpha value is -3.28. The van der Waals surface area contributed by atoms with E-state index in [1.165, 1.54) is 4.57 Å². The van der Waals surface area contributed by atoms with Crippen LogP contribution in [0.3, 0.4) is 0 Å². The normalized spacial score (nSPS) is 18.5. The number of anilines is 1. The predicted molar refractivity (Wildman–Crippen MR) is 150 cm³/mol. The van der Waals surface area contributed by atoms with Crippen molar-refractivity contribution in [2.75, 3.05) is 23.4 Å². The summed E-state index contributed by atoms with van der Waals surface area (Å²) in [5, 5.41) is 2.66. The molecule has 4 rings (SSSR count). The molecule has 11 nitrogen and oxygen atoms in total. The molecule has 1 aromatic carbocycles. The maximum absolute atomic E-state index is 15.6. The standard InChI is InChI=1S/C27H37ClFN5O6/c1-14(30-23(36)39-26(2,3)4)15-10-11-32(13-15)21-18(29)12-17-20(19(21)28)33(16-8-9-16)25(38)34(22(17)35)31-24(37)40-27(5,6)7/h12,14-16H,8-11,13H2,1-7H3,(H,30,36)(H,31,37)/t14-,15+/m0/s1. The van der Waals surface area contributed by atoms with E-state index in [0.29, 0.717) is 37.0 Å². The van der Waals surface area contributed by atoms with Crippen molar-refractivity contribution in [1.29, 1.82) is 0 Å². The van der Waals surface area contributed by atoms with Crippen LogP contribution in [-0.2, 0) is 9.47 Å². The quantitative estimate of drug-likeness (QED) is 0.532. The number of ether oxygens (including phenoxy) is 2. The lowest BCUT2D eigenvalue weighted by Crippen LogP contribution is -2.48. The van der Waals surface area contributed by atoms with E-state index in [1.54, 1.807) is 46.4 Å². The number of hydrogen-bond donors (Lipinski definition) is 2. The molecular formula is C27H37ClFN5O6. The summed E-state index contributed by atoms with van der Waals surface area (Å²) in [5.41, 5.74) is -0.789. The van der Waals surface area contributed by atoms with Gasteiger partial charge in [-0.05, 0) is 79.7 Å². The molecule has 40 heavy (non-hydrogen) atoms. The minimum Gasteiger partial charge on any atom is -0.444 e. The number of nitrogens with zero attached hydrogens (tertiary/aromatic N) is 3. The number of aromatic nitrogens is 2. The molecule has 1 aromatic heterocycles. The molecule has 2 heterocycles. The Morgan fingerprint density at radius 1 is 1.05 bits per heavy atom. The van der Waals surface area contributed by atoms with Crippen molar-refractivity contribution in [2.45, 2.75) is 91.0 Å². The first-order valence-corrected chi connectivity index (χ1v) is 13.8. The van der Waals surface area contributed by atoms with E-state index in [-0.39, 0.29) is 39.6 Å². The summed E-state index contributed by atoms with van der Waals surface area (Å²) >= 11 is 6.79. The number of halogens is 2. The molecule has 2 aromatic rings. The zero-order valence-corrected chi connectivity index (χ0v) is 24.6. The highest BCUT2D eigenvalue weighted by Crippen LogP contribution is 2.42. The number of nitrogens with one attached hydrogen (secondary N) is 2. The number of fused-ring (bicyclic) bond motifs is 1. The Morgan fingerprint density at radius 3 is 2.23 bits per heavy atom. The van der Waals surface area contributed by atoms with Gasteiger partial charge in [-0.25, -0.2) is 24.2 Å². The SMILES string of the molecule is C[C@H](NC(=O)OC(C)(C)C)[C@@H]1CCN(c2c(F)cc3c(=O)n(NC(=O)OC(C)(C)C)c(=O)n(C4CC4)c3c2Cl)C1. The molecule has 1 saturated heterocycles. The third kappa shape index (κ3) is 6.37. The lowest BCUT2D eigenvalue weighted by atomic mass is 10.0. The van der Waals surface area contributed by atoms with Crippen LogP contribution in [0.4, 0.5) is 19.7 Å². The fraction of sp³-hybridized carbons (Fsp3) is 0.630. The molecule has 0 spiro atoms. The molecule has 13 heteroatoms. The van der Waals surface area contributed by atoms with Crippen LogP contribution in [0.2, 0.25) is 5.02 Å². The third-order valence-corrected chi connectivity index (χ3v) is 7.10. The van der Waals surface area contributed by atoms with E-state index in [1.807, 2.05) is 6.92 Å². The van der Waals surface area contributed by atoms with E-state index < -0.39 is 40.5 Å². The molecule has 2 fully saturated rings. The summed E-state index contributed by atoms with van der Waals surface area (Å²) in [6, 6.07) is 0.556. The number of rotatable bonds is 5. The van der Waals surface area contributed by atoms with Gasteiger partial charge in [0.1, 0.15) is 17.0 Å². The van der Waals surface area contributed by atoms with Crippen molar-refractivity contribution < 1.29 is 23.5 Å². The van der Waals surface area contributed by atoms with E-state index in [2.05, 4.69) is 10.7 Å². The number of benzene rings is 1. The number of carbonyl (C=O) groups excluding carboxylic acids is 2. The number of hydrogen-bond acceptors (Lipinski definition) is 7. The molecule has 0 unspecified atom stereocenters. The Labute approximate surface area is 236 Å². The van der Waals surface area contributed by atoms with Gasteiger partial charge in [-0.3, -0.25) is 9.36 Å². The second kappa shape index (κ2) is 10.6. The van der Waals surface area contributed by atoms with E-state index in [4.69, 9.17) is 21.1 Å². The van der Waals surface area contributed by atoms with E-state index in [0.717, 1.165) is 6.07 Å². The molecule has 2 aliphatic rings. The fourth-order valence-electron chi connectivity index (χ4n) is 4.87. The molecular weight excluding hydrogens is 545 g/mol. The summed E-state index contributed by atoms with van der Waals surface area (Å²) in [7, 11) is 0. The van der Waals surface area contributed by atoms with Crippen molar-refractivity contribution in [3.63, 3.8) is 0 Å². The van der Waals surface area contributed by atoms with Crippen molar-refractivity contribution in [3.05, 3.63) is 37.7 Å². The summed E-state index contributed by atoms with van der Waals surface area (Å²) < 4.78 is 28.1. The second-order valence-electron chi connectivity index (χ2n) is 12.5. The predicted octanol–water partition coefficient (Wildman–Crippen LogP) is 4.51. The average Bonchev–Trinajstić information content (AvgIpc) is 3.51. The van der Waals surface area contributed by atoms with Crippen molar-refractivity contribution >= 4 is 40.4 Å². The molecule has 2 N–H and O–H groups in total. The zero-order chi connectivity index (χ0) is 29.7. The Balaban J connectivity index is 1.68. The second-order valence-corrected chi connectivity index (χ2v) is 12.9. The highest BCUT2D eigenvalue weighted by atomic mass is 35.5. The molecule has 2 atom stereocenters. The van der Waals surface area contributed by atoms with Crippen LogP contribution in [0.25, 0.3) is 10.9 Å². The van der Waals surface area contributed by atoms with Gasteiger partial charge in [0.2, 0.25) is 0 Å². The van der Waals surface area contributed by atoms with Crippen LogP contribution in [0.15, 0.2) is 15.7 Å². The Morgan fingerprint density at radius 2 is 1.65 bits per heavy atom. The van der Waals surface area contributed by atoms with Crippen LogP contribution < -0.4 is 26.9 Å². The molecule has 1 aliphatic heterocycles. The van der Waals surface area contributed by atoms with Gasteiger partial charge in [-0.1, -0.05) is 11.6 Å². The molecule has 0 radical (unpaired) electrons. The van der Waals surface area contributed by atoms with Crippen molar-refractivity contribution in [1.82, 2.24) is 14.6 Å². The molecule has 220 valence electrons. The van der Waals surface area contributed by atoms with Crippen LogP contribution in [0.5, 0.6) is 0 Å². The maximum Gasteiger partial charge on any atom is 0.427 e. The highest BCUT2D eigenvalue weighted by Gasteiger charge is 2.35. The number of carbonyl (C=O) groups is 2. The van der Waals surface area contributed by atoms with Crippen LogP contribution >= 0.6 is 11.6 Å². The number of amides is 2. The van der Waals surface area contributed by atoms with Crippen LogP contribution in [0, 0.1) is 11.7 Å². The highest BCUT2D eigenvalue weighted by molar-refractivity contribution is 6.38. The first-order chi connectivity index (χ1) is 18.5. The maximum atomic E-state index is 15.6. The molecule has 0 bridgehead atoms. The van der Waals surface area contributed by atoms with E-state index in [9.17, 15) is 19.2 Å². The molecule has 1 saturated carbocycles. The molecule has 1 aliphatic carbocycles. The lowest BCUT2D eigenvalue weighted by molar-refractivity contribution is 0.0493. The summed E-state index contributed by atoms with van der Waals surface area (Å²) in [6.45, 7) is 13.0. The smallest absolute Gasteiger partial charge is 0.427 e. The van der Waals surface area contributed by atoms with Crippen molar-refractivity contribution in [2.24, 2.45) is 5.92 Å². The first kappa shape index (κ1) is 29.7. The van der Waals surface area contributed by atoms with Gasteiger partial charge in [0.15, 0.2) is 0 Å². The topological polar surface area (TPSA) is 124 Å². The van der Waals surface area contributed by atoms with Gasteiger partial charge < -0.3 is 19.7 Å². The van der Waals surface area contributed by atoms with Gasteiger partial charge in [-0.2, -0.15) is 4.68 Å². The number of alkyl carbamates (subject to hydrolysis) is 1.